The van der Waals surface area contributed by atoms with E-state index in [0.717, 1.165) is 36.3 Å². The summed E-state index contributed by atoms with van der Waals surface area (Å²) in [5, 5.41) is 9.13. The molecule has 0 unspecified atom stereocenters. The highest BCUT2D eigenvalue weighted by molar-refractivity contribution is 5.93. The molecular weight excluding hydrogens is 246 g/mol. The van der Waals surface area contributed by atoms with E-state index < -0.39 is 5.97 Å². The van der Waals surface area contributed by atoms with Gasteiger partial charge in [-0.25, -0.2) is 9.78 Å². The number of carboxylic acids is 1. The van der Waals surface area contributed by atoms with E-state index in [9.17, 15) is 4.79 Å². The molecule has 0 amide bonds. The molecule has 6 heteroatoms. The van der Waals surface area contributed by atoms with E-state index in [1.807, 2.05) is 12.1 Å². The molecule has 19 heavy (non-hydrogen) atoms. The first kappa shape index (κ1) is 11.6. The molecule has 0 fully saturated rings. The number of aromatic carboxylic acids is 1. The van der Waals surface area contributed by atoms with Gasteiger partial charge >= 0.3 is 5.97 Å². The fourth-order valence-electron chi connectivity index (χ4n) is 2.26. The number of anilines is 1. The van der Waals surface area contributed by atoms with Gasteiger partial charge in [0.2, 0.25) is 0 Å². The Morgan fingerprint density at radius 1 is 1.47 bits per heavy atom. The third-order valence-electron chi connectivity index (χ3n) is 3.12. The first-order valence-electron chi connectivity index (χ1n) is 6.00. The van der Waals surface area contributed by atoms with Gasteiger partial charge < -0.3 is 20.6 Å². The fourth-order valence-corrected chi connectivity index (χ4v) is 2.26. The van der Waals surface area contributed by atoms with Crippen molar-refractivity contribution in [2.24, 2.45) is 0 Å². The van der Waals surface area contributed by atoms with Crippen molar-refractivity contribution in [2.45, 2.75) is 12.8 Å². The van der Waals surface area contributed by atoms with E-state index in [1.165, 1.54) is 0 Å². The predicted octanol–water partition coefficient (Wildman–Crippen LogP) is 1.68. The predicted molar refractivity (Wildman–Crippen MR) is 69.2 cm³/mol. The van der Waals surface area contributed by atoms with Gasteiger partial charge in [-0.3, -0.25) is 0 Å². The Hall–Kier alpha value is -2.50. The number of hydrogen-bond acceptors (Lipinski definition) is 4. The molecule has 98 valence electrons. The zero-order chi connectivity index (χ0) is 13.4. The molecule has 0 atom stereocenters. The number of ether oxygens (including phenoxy) is 1. The van der Waals surface area contributed by atoms with E-state index in [1.54, 1.807) is 6.07 Å². The number of aryl methyl sites for hydroxylation is 1. The second kappa shape index (κ2) is 4.31. The first-order valence-corrected chi connectivity index (χ1v) is 6.00. The summed E-state index contributed by atoms with van der Waals surface area (Å²) in [6.45, 7) is 0.724. The van der Waals surface area contributed by atoms with E-state index in [-0.39, 0.29) is 11.6 Å². The lowest BCUT2D eigenvalue weighted by atomic mass is 10.0. The number of carbonyl (C=O) groups is 1. The number of nitrogens with two attached hydrogens (primary N) is 1. The van der Waals surface area contributed by atoms with Gasteiger partial charge in [-0.05, 0) is 36.6 Å². The van der Waals surface area contributed by atoms with Gasteiger partial charge in [0.1, 0.15) is 11.4 Å². The van der Waals surface area contributed by atoms with Gasteiger partial charge in [0.25, 0.3) is 0 Å². The monoisotopic (exact) mass is 259 g/mol. The van der Waals surface area contributed by atoms with Crippen molar-refractivity contribution >= 4 is 11.9 Å². The zero-order valence-corrected chi connectivity index (χ0v) is 10.1. The highest BCUT2D eigenvalue weighted by Gasteiger charge is 2.19. The number of benzene rings is 1. The van der Waals surface area contributed by atoms with Crippen molar-refractivity contribution in [2.75, 3.05) is 12.3 Å². The van der Waals surface area contributed by atoms with Crippen LogP contribution in [0.2, 0.25) is 0 Å². The molecular formula is C13H13N3O3. The third-order valence-corrected chi connectivity index (χ3v) is 3.12. The average molecular weight is 259 g/mol. The smallest absolute Gasteiger partial charge is 0.354 e. The zero-order valence-electron chi connectivity index (χ0n) is 10.1. The van der Waals surface area contributed by atoms with Gasteiger partial charge in [-0.1, -0.05) is 0 Å². The molecule has 2 aromatic rings. The van der Waals surface area contributed by atoms with Gasteiger partial charge in [0, 0.05) is 5.56 Å². The van der Waals surface area contributed by atoms with Crippen LogP contribution < -0.4 is 10.5 Å². The van der Waals surface area contributed by atoms with Crippen LogP contribution in [0.3, 0.4) is 0 Å². The van der Waals surface area contributed by atoms with E-state index in [4.69, 9.17) is 15.6 Å². The lowest BCUT2D eigenvalue weighted by molar-refractivity contribution is 0.0692. The minimum atomic E-state index is -1.08. The van der Waals surface area contributed by atoms with Crippen LogP contribution in [0.4, 0.5) is 5.95 Å². The van der Waals surface area contributed by atoms with E-state index >= 15 is 0 Å². The number of fused-ring (bicyclic) bond motifs is 1. The Labute approximate surface area is 109 Å². The van der Waals surface area contributed by atoms with E-state index in [0.29, 0.717) is 5.69 Å². The molecule has 3 rings (SSSR count). The number of aromatic amines is 1. The molecule has 2 heterocycles. The molecule has 4 N–H and O–H groups in total. The third kappa shape index (κ3) is 2.01. The van der Waals surface area contributed by atoms with Crippen molar-refractivity contribution in [1.82, 2.24) is 9.97 Å². The molecule has 0 aliphatic carbocycles. The second-order valence-corrected chi connectivity index (χ2v) is 4.43. The van der Waals surface area contributed by atoms with E-state index in [2.05, 4.69) is 9.97 Å². The number of nitrogen functional groups attached to an aromatic ring is 1. The molecule has 0 saturated heterocycles. The number of nitrogens with zero attached hydrogens (tertiary/aromatic N) is 1. The maximum absolute atomic E-state index is 11.1. The van der Waals surface area contributed by atoms with Crippen molar-refractivity contribution in [3.05, 3.63) is 29.5 Å². The number of carboxylic acid groups (broad SMARTS) is 1. The van der Waals surface area contributed by atoms with Crippen LogP contribution in [0.5, 0.6) is 5.75 Å². The average Bonchev–Trinajstić information content (AvgIpc) is 2.80. The van der Waals surface area contributed by atoms with Gasteiger partial charge in [-0.15, -0.1) is 0 Å². The number of hydrogen-bond donors (Lipinski definition) is 3. The molecule has 0 radical (unpaired) electrons. The number of nitrogens with one attached hydrogen (secondary N) is 1. The summed E-state index contributed by atoms with van der Waals surface area (Å²) in [6, 6.07) is 5.56. The molecule has 1 aromatic carbocycles. The fraction of sp³-hybridized carbons (Fsp3) is 0.231. The quantitative estimate of drug-likeness (QED) is 0.761. The number of H-pyrrole nitrogens is 1. The normalized spacial score (nSPS) is 13.7. The van der Waals surface area contributed by atoms with Crippen LogP contribution in [0.15, 0.2) is 18.2 Å². The minimum Gasteiger partial charge on any atom is -0.493 e. The van der Waals surface area contributed by atoms with Gasteiger partial charge in [0.05, 0.1) is 6.61 Å². The van der Waals surface area contributed by atoms with Crippen LogP contribution in [0.25, 0.3) is 11.3 Å². The summed E-state index contributed by atoms with van der Waals surface area (Å²) in [6.07, 6.45) is 1.89. The Morgan fingerprint density at radius 2 is 2.32 bits per heavy atom. The number of aromatic nitrogens is 2. The highest BCUT2D eigenvalue weighted by atomic mass is 16.5. The molecule has 0 saturated carbocycles. The van der Waals surface area contributed by atoms with Crippen LogP contribution in [-0.2, 0) is 6.42 Å². The lowest BCUT2D eigenvalue weighted by Gasteiger charge is -2.17. The van der Waals surface area contributed by atoms with Crippen molar-refractivity contribution in [1.29, 1.82) is 0 Å². The highest BCUT2D eigenvalue weighted by Crippen LogP contribution is 2.31. The van der Waals surface area contributed by atoms with Gasteiger partial charge in [-0.2, -0.15) is 0 Å². The number of rotatable bonds is 2. The molecule has 1 aliphatic heterocycles. The van der Waals surface area contributed by atoms with Gasteiger partial charge in [0.15, 0.2) is 11.6 Å². The van der Waals surface area contributed by atoms with Crippen LogP contribution >= 0.6 is 0 Å². The standard InChI is InChI=1S/C13H13N3O3/c14-13-15-10(11(16-13)12(17)18)8-3-4-9-7(6-8)2-1-5-19-9/h3-4,6H,1-2,5H2,(H,17,18)(H3,14,15,16). The topological polar surface area (TPSA) is 101 Å². The maximum Gasteiger partial charge on any atom is 0.354 e. The van der Waals surface area contributed by atoms with Crippen LogP contribution in [0.1, 0.15) is 22.5 Å². The summed E-state index contributed by atoms with van der Waals surface area (Å²) in [7, 11) is 0. The van der Waals surface area contributed by atoms with Crippen molar-refractivity contribution in [3.8, 4) is 17.0 Å². The maximum atomic E-state index is 11.1. The van der Waals surface area contributed by atoms with Crippen molar-refractivity contribution < 1.29 is 14.6 Å². The minimum absolute atomic E-state index is 0.00850. The number of imidazole rings is 1. The Balaban J connectivity index is 2.09. The Bertz CT molecular complexity index is 649. The summed E-state index contributed by atoms with van der Waals surface area (Å²) in [4.78, 5) is 17.8. The second-order valence-electron chi connectivity index (χ2n) is 4.43. The lowest BCUT2D eigenvalue weighted by Crippen LogP contribution is -2.08. The molecule has 0 spiro atoms. The summed E-state index contributed by atoms with van der Waals surface area (Å²) >= 11 is 0. The Morgan fingerprint density at radius 3 is 3.11 bits per heavy atom. The Kier molecular flexibility index (Phi) is 2.63. The molecule has 1 aromatic heterocycles. The largest absolute Gasteiger partial charge is 0.493 e. The SMILES string of the molecule is Nc1nc(-c2ccc3c(c2)CCCO3)c(C(=O)O)[nH]1. The summed E-state index contributed by atoms with van der Waals surface area (Å²) < 4.78 is 5.53. The van der Waals surface area contributed by atoms with Crippen LogP contribution in [0, 0.1) is 0 Å². The summed E-state index contributed by atoms with van der Waals surface area (Å²) in [5.41, 5.74) is 7.71. The summed E-state index contributed by atoms with van der Waals surface area (Å²) in [5.74, 6) is -0.120. The molecule has 6 nitrogen and oxygen atoms in total. The first-order chi connectivity index (χ1) is 9.15. The molecule has 1 aliphatic rings. The van der Waals surface area contributed by atoms with Crippen LogP contribution in [-0.4, -0.2) is 27.7 Å². The van der Waals surface area contributed by atoms with Crippen molar-refractivity contribution in [3.63, 3.8) is 0 Å². The molecule has 0 bridgehead atoms.